The Morgan fingerprint density at radius 1 is 0.607 bits per heavy atom. The summed E-state index contributed by atoms with van der Waals surface area (Å²) in [5.41, 5.74) is 12.5. The molecule has 3 aliphatic rings. The van der Waals surface area contributed by atoms with Gasteiger partial charge in [0.1, 0.15) is 103 Å². The number of allylic oxidation sites excluding steroid dienone is 2. The molecular formula is C74H96BrN16O26+. The molecule has 19 atom stereocenters. The van der Waals surface area contributed by atoms with Crippen LogP contribution in [0.15, 0.2) is 120 Å². The molecular weight excluding hydrogens is 1610 g/mol. The number of hydrogen-bond donors (Lipinski definition) is 24. The van der Waals surface area contributed by atoms with E-state index in [0.717, 1.165) is 28.6 Å². The molecule has 0 saturated carbocycles. The van der Waals surface area contributed by atoms with Gasteiger partial charge in [0.2, 0.25) is 89.3 Å². The second-order valence-electron chi connectivity index (χ2n) is 28.0. The van der Waals surface area contributed by atoms with Gasteiger partial charge in [0.05, 0.1) is 51.0 Å². The van der Waals surface area contributed by atoms with Gasteiger partial charge in [-0.1, -0.05) is 113 Å². The van der Waals surface area contributed by atoms with Gasteiger partial charge >= 0.3 is 5.97 Å². The zero-order chi connectivity index (χ0) is 86.1. The normalized spacial score (nSPS) is 27.8. The number of rotatable bonds is 17. The third-order valence-corrected chi connectivity index (χ3v) is 19.3. The Labute approximate surface area is 675 Å². The molecule has 42 nitrogen and oxygen atoms in total. The number of nitrogens with zero attached hydrogens (tertiary/aromatic N) is 2. The molecule has 1 fully saturated rings. The summed E-state index contributed by atoms with van der Waals surface area (Å²) in [4.78, 5) is 213. The summed E-state index contributed by atoms with van der Waals surface area (Å²) >= 11 is 3.27. The number of amides is 14. The summed E-state index contributed by atoms with van der Waals surface area (Å²) in [5.74, 6) is -21.3. The Morgan fingerprint density at radius 2 is 1.16 bits per heavy atom. The summed E-state index contributed by atoms with van der Waals surface area (Å²) in [6.45, 7) is -2.80. The molecule has 4 heterocycles. The van der Waals surface area contributed by atoms with Gasteiger partial charge in [0, 0.05) is 36.6 Å². The van der Waals surface area contributed by atoms with E-state index in [0.29, 0.717) is 26.7 Å². The highest BCUT2D eigenvalue weighted by atomic mass is 79.9. The van der Waals surface area contributed by atoms with Gasteiger partial charge < -0.3 is 131 Å². The number of hydrogen-bond acceptors (Lipinski definition) is 25. The summed E-state index contributed by atoms with van der Waals surface area (Å²) < 4.78 is 8.29. The van der Waals surface area contributed by atoms with Gasteiger partial charge in [-0.25, -0.2) is 13.9 Å². The first-order chi connectivity index (χ1) is 55.4. The Kier molecular flexibility index (Phi) is 34.8. The highest BCUT2D eigenvalue weighted by Crippen LogP contribution is 2.27. The van der Waals surface area contributed by atoms with Gasteiger partial charge in [-0.2, -0.15) is 0 Å². The highest BCUT2D eigenvalue weighted by Gasteiger charge is 2.46. The van der Waals surface area contributed by atoms with Gasteiger partial charge in [0.25, 0.3) is 5.91 Å². The van der Waals surface area contributed by atoms with Crippen molar-refractivity contribution in [2.24, 2.45) is 11.5 Å². The third kappa shape index (κ3) is 27.6. The van der Waals surface area contributed by atoms with Crippen LogP contribution < -0.4 is 79.8 Å². The first-order valence-electron chi connectivity index (χ1n) is 36.7. The molecule has 43 heteroatoms. The minimum Gasteiger partial charge on any atom is -0.480 e. The topological polar surface area (TPSA) is 673 Å². The van der Waals surface area contributed by atoms with Crippen LogP contribution in [0.1, 0.15) is 74.6 Å². The SMILES string of the molecule is CC(/C=C/c1ccccc1)=C\[C@H](O)[C@@H]1CC(=O)N[C@@H](CO)C(=O)N[C@H]2C[n+]3cc(n([C@@H]4OC[C@H](O)[C@H](O)[C@H]4O)c3)C[C@H](NC(=O)CCC[C@@H](C(=O)O)NC(=O)[C@@H](O)CNC(=O)[C@H](Cc3ccc(Br)cc3)NC(=O)[C@H]([C@@H](O)C(N)=O)NC(=O)[C@H](CC(N)=O)NC2=O)C(=O)N[C@@H]([C@H](C)O)C(=O)N[C@@H](CO)C(=O)N[C@@H](Cc2ccccc2)C(=O)N1. The number of aromatic nitrogens is 2. The molecule has 0 radical (unpaired) electrons. The maximum absolute atomic E-state index is 15.3. The average molecular weight is 1710 g/mol. The second-order valence-corrected chi connectivity index (χ2v) is 28.9. The number of aliphatic carboxylic acids is 1. The molecule has 3 aliphatic heterocycles. The first kappa shape index (κ1) is 92.6. The highest BCUT2D eigenvalue weighted by molar-refractivity contribution is 9.10. The number of primary amides is 2. The van der Waals surface area contributed by atoms with E-state index < -0.39 is 282 Å². The number of carboxylic acids is 1. The number of ether oxygens (including phenoxy) is 1. The number of halogens is 1. The fourth-order valence-electron chi connectivity index (χ4n) is 12.4. The lowest BCUT2D eigenvalue weighted by Gasteiger charge is -2.33. The predicted molar refractivity (Wildman–Crippen MR) is 406 cm³/mol. The van der Waals surface area contributed by atoms with E-state index in [1.807, 2.05) is 5.32 Å². The Hall–Kier alpha value is -11.5. The van der Waals surface area contributed by atoms with E-state index in [1.54, 1.807) is 79.7 Å². The largest absolute Gasteiger partial charge is 0.480 e. The summed E-state index contributed by atoms with van der Waals surface area (Å²) in [7, 11) is 0. The molecule has 14 amide bonds. The van der Waals surface area contributed by atoms with Crippen molar-refractivity contribution in [1.29, 1.82) is 0 Å². The molecule has 1 saturated heterocycles. The van der Waals surface area contributed by atoms with Crippen molar-refractivity contribution in [1.82, 2.24) is 68.4 Å². The number of carbonyl (C=O) groups is 15. The smallest absolute Gasteiger partial charge is 0.326 e. The van der Waals surface area contributed by atoms with Crippen LogP contribution in [0.2, 0.25) is 0 Å². The van der Waals surface area contributed by atoms with Crippen LogP contribution in [0.25, 0.3) is 6.08 Å². The average Bonchev–Trinajstić information content (AvgIpc) is 1.58. The first-order valence-corrected chi connectivity index (χ1v) is 37.5. The van der Waals surface area contributed by atoms with Crippen molar-refractivity contribution in [3.8, 4) is 0 Å². The molecule has 634 valence electrons. The van der Waals surface area contributed by atoms with E-state index in [2.05, 4.69) is 74.4 Å². The van der Waals surface area contributed by atoms with Crippen LogP contribution in [-0.4, -0.2) is 280 Å². The molecule has 1 aromatic heterocycles. The van der Waals surface area contributed by atoms with Gasteiger partial charge in [-0.15, -0.1) is 0 Å². The van der Waals surface area contributed by atoms with Crippen molar-refractivity contribution in [3.05, 3.63) is 142 Å². The lowest BCUT2D eigenvalue weighted by Crippen LogP contribution is -2.64. The van der Waals surface area contributed by atoms with E-state index in [1.165, 1.54) is 30.3 Å². The Morgan fingerprint density at radius 3 is 1.79 bits per heavy atom. The van der Waals surface area contributed by atoms with Crippen molar-refractivity contribution in [3.63, 3.8) is 0 Å². The summed E-state index contributed by atoms with van der Waals surface area (Å²) in [6, 6.07) is -0.244. The van der Waals surface area contributed by atoms with Crippen LogP contribution in [0.3, 0.4) is 0 Å². The third-order valence-electron chi connectivity index (χ3n) is 18.8. The van der Waals surface area contributed by atoms with E-state index in [9.17, 15) is 113 Å². The lowest BCUT2D eigenvalue weighted by molar-refractivity contribution is -0.697. The number of imidazole rings is 1. The van der Waals surface area contributed by atoms with Crippen molar-refractivity contribution >= 4 is 111 Å². The zero-order valence-electron chi connectivity index (χ0n) is 63.1. The lowest BCUT2D eigenvalue weighted by atomic mass is 10.0. The van der Waals surface area contributed by atoms with Crippen molar-refractivity contribution in [2.75, 3.05) is 26.4 Å². The molecule has 0 aliphatic carbocycles. The molecule has 26 N–H and O–H groups in total. The maximum atomic E-state index is 15.3. The standard InChI is InChI=1S/C74H95BrN16O26/c1-35(16-17-37-10-5-3-6-11-37)22-51(95)43-27-56(100)80-49(31-92)68(110)86-48-30-90-29-41(91(34-90)73-61(103)59(101)53(97)33-117-73)25-46(65(107)88-57(36(2)94)71(113)87-50(32-93)69(111)83-45(64(106)82-43)23-38-12-7-4-8-13-38)79-55(99)15-9-14-42(74(115)116)81-70(112)52(96)28-78-63(105)44(24-39-18-20-40(75)21-19-39)85-72(114)58(60(102)62(77)104)89-66(108)47(26-54(76)98)84-67(48)109/h3-8,10-13,16-22,29,34,36,42-53,57-61,73,92-97,101-103H,9,14-15,23-28,30-33H2,1-2H3,(H16-,76,77,78,79,80,81,82,83,84,85,86,87,88,89,98,99,100,104,105,106,107,108,109,110,111,112,113,114,115,116)/p+1/b17-16+,35-22+/t36-,42-,43-,44-,45-,46-,47-,48-,49-,50-,51-,52-,53-,57-,58-,59-,60+,61+,73+/m0/s1. The van der Waals surface area contributed by atoms with Gasteiger partial charge in [0.15, 0.2) is 6.10 Å². The Balaban J connectivity index is 1.42. The molecule has 3 aromatic carbocycles. The van der Waals surface area contributed by atoms with Crippen LogP contribution >= 0.6 is 15.9 Å². The molecule has 0 spiro atoms. The predicted octanol–water partition coefficient (Wildman–Crippen LogP) is -10.2. The van der Waals surface area contributed by atoms with E-state index in [-0.39, 0.29) is 12.1 Å². The number of nitrogens with one attached hydrogen (secondary N) is 12. The molecule has 7 rings (SSSR count). The van der Waals surface area contributed by atoms with Gasteiger partial charge in [-0.3, -0.25) is 67.1 Å². The number of benzene rings is 3. The van der Waals surface area contributed by atoms with E-state index in [4.69, 9.17) is 16.2 Å². The minimum atomic E-state index is -2.74. The minimum absolute atomic E-state index is 0.290. The number of nitrogens with two attached hydrogens (primary N) is 2. The molecule has 4 aromatic rings. The van der Waals surface area contributed by atoms with Crippen LogP contribution in [-0.2, 0) is 102 Å². The van der Waals surface area contributed by atoms with E-state index >= 15 is 9.59 Å². The number of carbonyl (C=O) groups excluding carboxylic acids is 14. The Bertz CT molecular complexity index is 4290. The second kappa shape index (κ2) is 44.0. The monoisotopic (exact) mass is 1700 g/mol. The number of β-amino-alcohol motifs (C(OH)–C–C–N with tert-alkyl or cyclic N) is 1. The molecule has 4 bridgehead atoms. The molecule has 117 heavy (non-hydrogen) atoms. The number of carboxylic acid groups (broad SMARTS) is 1. The maximum Gasteiger partial charge on any atom is 0.326 e. The number of fused-ring (bicyclic) bond motifs is 2. The fourth-order valence-corrected chi connectivity index (χ4v) is 12.7. The van der Waals surface area contributed by atoms with Crippen molar-refractivity contribution in [2.45, 2.75) is 187 Å². The van der Waals surface area contributed by atoms with Crippen LogP contribution in [0, 0.1) is 0 Å². The van der Waals surface area contributed by atoms with Crippen molar-refractivity contribution < 1.29 is 132 Å². The fraction of sp³-hybridized carbons (Fsp3) is 0.459. The summed E-state index contributed by atoms with van der Waals surface area (Å²) in [6.07, 6.45) is -16.0. The number of aliphatic hydroxyl groups excluding tert-OH is 9. The van der Waals surface area contributed by atoms with Gasteiger partial charge in [-0.05, 0) is 55.5 Å². The van der Waals surface area contributed by atoms with Crippen LogP contribution in [0.4, 0.5) is 0 Å². The quantitative estimate of drug-likeness (QED) is 0.0345. The molecule has 0 unspecified atom stereocenters. The van der Waals surface area contributed by atoms with Crippen LogP contribution in [0.5, 0.6) is 0 Å². The number of aliphatic hydroxyl groups is 9. The summed E-state index contributed by atoms with van der Waals surface area (Å²) in [5, 5.41) is 138. The zero-order valence-corrected chi connectivity index (χ0v) is 64.6.